The summed E-state index contributed by atoms with van der Waals surface area (Å²) in [4.78, 5) is 26.3. The molecule has 178 valence electrons. The summed E-state index contributed by atoms with van der Waals surface area (Å²) in [6.07, 6.45) is 2.12. The van der Waals surface area contributed by atoms with Gasteiger partial charge in [-0.3, -0.25) is 4.79 Å². The number of nitrogens with zero attached hydrogens (tertiary/aromatic N) is 6. The van der Waals surface area contributed by atoms with E-state index in [0.29, 0.717) is 53.5 Å². The second kappa shape index (κ2) is 10.1. The van der Waals surface area contributed by atoms with Gasteiger partial charge in [0.05, 0.1) is 46.9 Å². The van der Waals surface area contributed by atoms with Gasteiger partial charge in [-0.25, -0.2) is 20.8 Å². The van der Waals surface area contributed by atoms with Crippen LogP contribution in [0.5, 0.6) is 0 Å². The number of carbonyl (C=O) groups is 1. The molecule has 35 heavy (non-hydrogen) atoms. The molecule has 0 saturated carbocycles. The van der Waals surface area contributed by atoms with E-state index in [1.54, 1.807) is 24.3 Å². The van der Waals surface area contributed by atoms with Gasteiger partial charge in [0.1, 0.15) is 5.82 Å². The number of hydrogen-bond donors (Lipinski definition) is 4. The van der Waals surface area contributed by atoms with Crippen LogP contribution >= 0.6 is 0 Å². The van der Waals surface area contributed by atoms with Gasteiger partial charge < -0.3 is 26.5 Å². The zero-order chi connectivity index (χ0) is 24.9. The number of nitrogen functional groups attached to an aromatic ring is 1. The fourth-order valence-electron chi connectivity index (χ4n) is 3.89. The molecule has 1 fully saturated rings. The molecule has 0 aliphatic carbocycles. The third-order valence-corrected chi connectivity index (χ3v) is 5.63. The van der Waals surface area contributed by atoms with Crippen LogP contribution in [0.4, 0.5) is 11.8 Å². The van der Waals surface area contributed by atoms with Gasteiger partial charge in [-0.05, 0) is 36.8 Å². The van der Waals surface area contributed by atoms with Gasteiger partial charge in [-0.15, -0.1) is 0 Å². The van der Waals surface area contributed by atoms with Gasteiger partial charge in [-0.2, -0.15) is 5.26 Å². The molecule has 4 rings (SSSR count). The summed E-state index contributed by atoms with van der Waals surface area (Å²) >= 11 is 0. The molecule has 0 spiro atoms. The third-order valence-electron chi connectivity index (χ3n) is 5.63. The SMILES string of the molecule is N#Cc1cccc(-c2cc(/C(N)=C/N(N)Cc3cccc(N4CCC(C(=O)O)C4)n3)nc(N)n2)c1. The van der Waals surface area contributed by atoms with Crippen LogP contribution in [0, 0.1) is 17.2 Å². The summed E-state index contributed by atoms with van der Waals surface area (Å²) in [6, 6.07) is 16.3. The number of nitriles is 1. The van der Waals surface area contributed by atoms with Gasteiger partial charge in [0.15, 0.2) is 0 Å². The number of hydrogen-bond acceptors (Lipinski definition) is 10. The van der Waals surface area contributed by atoms with E-state index in [0.717, 1.165) is 0 Å². The molecule has 1 atom stereocenters. The van der Waals surface area contributed by atoms with Gasteiger partial charge in [0.2, 0.25) is 5.95 Å². The Morgan fingerprint density at radius 3 is 2.77 bits per heavy atom. The first kappa shape index (κ1) is 23.5. The quantitative estimate of drug-likeness (QED) is 0.289. The average Bonchev–Trinajstić information content (AvgIpc) is 3.35. The number of carboxylic acid groups (broad SMARTS) is 1. The molecule has 1 aliphatic rings. The third kappa shape index (κ3) is 5.63. The highest BCUT2D eigenvalue weighted by Gasteiger charge is 2.28. The smallest absolute Gasteiger partial charge is 0.308 e. The Labute approximate surface area is 202 Å². The molecular weight excluding hydrogens is 446 g/mol. The molecule has 0 bridgehead atoms. The van der Waals surface area contributed by atoms with Crippen LogP contribution in [0.1, 0.15) is 23.4 Å². The van der Waals surface area contributed by atoms with Crippen molar-refractivity contribution in [2.75, 3.05) is 23.7 Å². The summed E-state index contributed by atoms with van der Waals surface area (Å²) in [7, 11) is 0. The van der Waals surface area contributed by atoms with E-state index < -0.39 is 5.97 Å². The number of benzene rings is 1. The van der Waals surface area contributed by atoms with Crippen molar-refractivity contribution in [1.29, 1.82) is 5.26 Å². The lowest BCUT2D eigenvalue weighted by Gasteiger charge is -2.19. The molecule has 3 aromatic rings. The second-order valence-corrected chi connectivity index (χ2v) is 8.20. The number of pyridine rings is 1. The van der Waals surface area contributed by atoms with Crippen LogP contribution in [-0.2, 0) is 11.3 Å². The largest absolute Gasteiger partial charge is 0.481 e. The lowest BCUT2D eigenvalue weighted by Crippen LogP contribution is -2.27. The van der Waals surface area contributed by atoms with Crippen LogP contribution < -0.4 is 22.2 Å². The van der Waals surface area contributed by atoms with Crippen LogP contribution in [0.2, 0.25) is 0 Å². The Bertz CT molecular complexity index is 1320. The minimum Gasteiger partial charge on any atom is -0.481 e. The van der Waals surface area contributed by atoms with Crippen molar-refractivity contribution in [2.45, 2.75) is 13.0 Å². The number of carboxylic acids is 1. The molecule has 0 amide bonds. The monoisotopic (exact) mass is 471 g/mol. The normalized spacial score (nSPS) is 15.6. The topological polar surface area (TPSA) is 184 Å². The van der Waals surface area contributed by atoms with Gasteiger partial charge in [-0.1, -0.05) is 18.2 Å². The number of aromatic nitrogens is 3. The lowest BCUT2D eigenvalue weighted by molar-refractivity contribution is -0.140. The van der Waals surface area contributed by atoms with Crippen LogP contribution in [0.3, 0.4) is 0 Å². The number of nitrogens with two attached hydrogens (primary N) is 3. The first-order chi connectivity index (χ1) is 16.8. The van der Waals surface area contributed by atoms with Gasteiger partial charge in [0.25, 0.3) is 0 Å². The van der Waals surface area contributed by atoms with Crippen molar-refractivity contribution < 1.29 is 9.90 Å². The summed E-state index contributed by atoms with van der Waals surface area (Å²) in [5.74, 6) is 5.75. The van der Waals surface area contributed by atoms with E-state index in [4.69, 9.17) is 22.6 Å². The number of aliphatic carboxylic acids is 1. The summed E-state index contributed by atoms with van der Waals surface area (Å²) < 4.78 is 0. The van der Waals surface area contributed by atoms with Crippen molar-refractivity contribution in [3.63, 3.8) is 0 Å². The first-order valence-electron chi connectivity index (χ1n) is 10.9. The van der Waals surface area contributed by atoms with Crippen LogP contribution in [0.25, 0.3) is 17.0 Å². The van der Waals surface area contributed by atoms with Crippen LogP contribution in [-0.4, -0.2) is 44.1 Å². The molecule has 11 heteroatoms. The Kier molecular flexibility index (Phi) is 6.75. The Morgan fingerprint density at radius 1 is 1.23 bits per heavy atom. The minimum atomic E-state index is -0.788. The first-order valence-corrected chi connectivity index (χ1v) is 10.9. The lowest BCUT2D eigenvalue weighted by atomic mass is 10.1. The van der Waals surface area contributed by atoms with Crippen LogP contribution in [0.15, 0.2) is 54.7 Å². The predicted octanol–water partition coefficient (Wildman–Crippen LogP) is 1.54. The number of hydrazine groups is 1. The highest BCUT2D eigenvalue weighted by atomic mass is 16.4. The Morgan fingerprint density at radius 2 is 2.03 bits per heavy atom. The molecule has 0 radical (unpaired) electrons. The van der Waals surface area contributed by atoms with Crippen molar-refractivity contribution in [3.8, 4) is 17.3 Å². The molecule has 1 unspecified atom stereocenters. The standard InChI is InChI=1S/C24H25N9O2/c25-11-15-3-1-4-16(9-15)20-10-21(31-24(27)30-20)19(26)14-33(28)13-18-5-2-6-22(29-18)32-8-7-17(12-32)23(34)35/h1-6,9-10,14,17H,7-8,12-13,26,28H2,(H,34,35)(H2,27,30,31)/b19-14-. The fourth-order valence-corrected chi connectivity index (χ4v) is 3.89. The maximum absolute atomic E-state index is 11.2. The van der Waals surface area contributed by atoms with Gasteiger partial charge in [0, 0.05) is 24.9 Å². The zero-order valence-electron chi connectivity index (χ0n) is 18.9. The number of anilines is 2. The van der Waals surface area contributed by atoms with E-state index >= 15 is 0 Å². The molecule has 3 heterocycles. The average molecular weight is 472 g/mol. The van der Waals surface area contributed by atoms with Crippen molar-refractivity contribution in [3.05, 3.63) is 71.7 Å². The highest BCUT2D eigenvalue weighted by Crippen LogP contribution is 2.24. The molecular formula is C24H25N9O2. The Hall–Kier alpha value is -4.69. The van der Waals surface area contributed by atoms with Crippen molar-refractivity contribution in [1.82, 2.24) is 20.0 Å². The van der Waals surface area contributed by atoms with Gasteiger partial charge >= 0.3 is 5.97 Å². The van der Waals surface area contributed by atoms with Crippen molar-refractivity contribution in [2.24, 2.45) is 17.5 Å². The predicted molar refractivity (Wildman–Crippen MR) is 131 cm³/mol. The molecule has 2 aromatic heterocycles. The molecule has 1 aromatic carbocycles. The Balaban J connectivity index is 1.49. The van der Waals surface area contributed by atoms with E-state index in [2.05, 4.69) is 21.0 Å². The van der Waals surface area contributed by atoms with E-state index in [1.165, 1.54) is 11.2 Å². The molecule has 1 saturated heterocycles. The zero-order valence-corrected chi connectivity index (χ0v) is 18.9. The van der Waals surface area contributed by atoms with E-state index in [-0.39, 0.29) is 24.1 Å². The maximum Gasteiger partial charge on any atom is 0.308 e. The van der Waals surface area contributed by atoms with E-state index in [9.17, 15) is 9.90 Å². The van der Waals surface area contributed by atoms with Crippen molar-refractivity contribution >= 4 is 23.4 Å². The minimum absolute atomic E-state index is 0.0411. The molecule has 7 N–H and O–H groups in total. The summed E-state index contributed by atoms with van der Waals surface area (Å²) in [5.41, 5.74) is 15.3. The maximum atomic E-state index is 11.2. The summed E-state index contributed by atoms with van der Waals surface area (Å²) in [5, 5.41) is 19.8. The second-order valence-electron chi connectivity index (χ2n) is 8.20. The van der Waals surface area contributed by atoms with E-state index in [1.807, 2.05) is 29.2 Å². The highest BCUT2D eigenvalue weighted by molar-refractivity contribution is 5.72. The summed E-state index contributed by atoms with van der Waals surface area (Å²) in [6.45, 7) is 1.34. The molecule has 11 nitrogen and oxygen atoms in total. The number of rotatable bonds is 7. The molecule has 1 aliphatic heterocycles. The fraction of sp³-hybridized carbons (Fsp3) is 0.208.